The lowest BCUT2D eigenvalue weighted by Gasteiger charge is -2.39. The average Bonchev–Trinajstić information content (AvgIpc) is 2.15. The number of carbonyl (C=O) groups is 1. The molecule has 0 aromatic rings. The van der Waals surface area contributed by atoms with Crippen molar-refractivity contribution in [3.63, 3.8) is 0 Å². The summed E-state index contributed by atoms with van der Waals surface area (Å²) in [6.07, 6.45) is 3.34. The number of amides is 1. The maximum absolute atomic E-state index is 11.2. The molecular weight excluding hydrogens is 234 g/mol. The highest BCUT2D eigenvalue weighted by Gasteiger charge is 2.40. The van der Waals surface area contributed by atoms with Crippen molar-refractivity contribution < 1.29 is 14.1 Å². The van der Waals surface area contributed by atoms with Gasteiger partial charge in [0.25, 0.3) is 0 Å². The summed E-state index contributed by atoms with van der Waals surface area (Å²) in [7, 11) is -1.87. The van der Waals surface area contributed by atoms with E-state index in [9.17, 15) is 4.79 Å². The van der Waals surface area contributed by atoms with Crippen molar-refractivity contribution in [3.8, 4) is 0 Å². The molecule has 1 amide bonds. The van der Waals surface area contributed by atoms with Crippen molar-refractivity contribution in [3.05, 3.63) is 12.2 Å². The van der Waals surface area contributed by atoms with Crippen LogP contribution in [0.2, 0.25) is 18.1 Å². The molecule has 17 heavy (non-hydrogen) atoms. The topological polar surface area (TPSA) is 38.8 Å². The first kappa shape index (κ1) is 14.4. The number of carbonyl (C=O) groups excluding carboxylic acids is 1. The van der Waals surface area contributed by atoms with E-state index in [1.807, 2.05) is 12.2 Å². The van der Waals surface area contributed by atoms with Crippen LogP contribution in [0.4, 0.5) is 0 Å². The monoisotopic (exact) mass is 257 g/mol. The minimum absolute atomic E-state index is 0.0989. The number of rotatable bonds is 2. The van der Waals surface area contributed by atoms with Gasteiger partial charge in [0.05, 0.1) is 6.54 Å². The molecule has 0 aliphatic carbocycles. The Morgan fingerprint density at radius 1 is 1.47 bits per heavy atom. The number of nitrogens with zero attached hydrogens (tertiary/aromatic N) is 1. The van der Waals surface area contributed by atoms with E-state index in [0.29, 0.717) is 6.54 Å². The van der Waals surface area contributed by atoms with Gasteiger partial charge in [0, 0.05) is 6.92 Å². The summed E-state index contributed by atoms with van der Waals surface area (Å²) in [4.78, 5) is 16.7. The molecule has 1 aliphatic rings. The molecule has 1 heterocycles. The maximum Gasteiger partial charge on any atom is 0.243 e. The predicted molar refractivity (Wildman–Crippen MR) is 69.7 cm³/mol. The van der Waals surface area contributed by atoms with Gasteiger partial charge in [0.1, 0.15) is 0 Å². The van der Waals surface area contributed by atoms with Crippen molar-refractivity contribution in [1.29, 1.82) is 0 Å². The fourth-order valence-corrected chi connectivity index (χ4v) is 2.26. The maximum atomic E-state index is 11.2. The molecule has 0 N–H and O–H groups in total. The van der Waals surface area contributed by atoms with Crippen LogP contribution in [0.3, 0.4) is 0 Å². The van der Waals surface area contributed by atoms with Crippen molar-refractivity contribution >= 4 is 14.2 Å². The van der Waals surface area contributed by atoms with Gasteiger partial charge in [0.15, 0.2) is 14.6 Å². The van der Waals surface area contributed by atoms with Crippen molar-refractivity contribution in [1.82, 2.24) is 5.06 Å². The highest BCUT2D eigenvalue weighted by atomic mass is 28.4. The second kappa shape index (κ2) is 4.92. The van der Waals surface area contributed by atoms with Gasteiger partial charge in [-0.3, -0.25) is 4.79 Å². The Balaban J connectivity index is 2.67. The lowest BCUT2D eigenvalue weighted by atomic mass is 10.2. The Labute approximate surface area is 105 Å². The van der Waals surface area contributed by atoms with Gasteiger partial charge in [-0.05, 0) is 24.2 Å². The molecule has 5 heteroatoms. The fraction of sp³-hybridized carbons (Fsp3) is 0.750. The molecule has 1 unspecified atom stereocenters. The van der Waals surface area contributed by atoms with Crippen molar-refractivity contribution in [2.24, 2.45) is 0 Å². The second-order valence-electron chi connectivity index (χ2n) is 5.86. The van der Waals surface area contributed by atoms with Gasteiger partial charge in [-0.15, -0.1) is 0 Å². The van der Waals surface area contributed by atoms with E-state index < -0.39 is 14.6 Å². The predicted octanol–water partition coefficient (Wildman–Crippen LogP) is 2.68. The summed E-state index contributed by atoms with van der Waals surface area (Å²) in [6, 6.07) is 0. The summed E-state index contributed by atoms with van der Waals surface area (Å²) < 4.78 is 6.06. The summed E-state index contributed by atoms with van der Waals surface area (Å²) >= 11 is 0. The van der Waals surface area contributed by atoms with Crippen molar-refractivity contribution in [2.45, 2.75) is 52.1 Å². The molecule has 1 rings (SSSR count). The molecule has 1 atom stereocenters. The third-order valence-electron chi connectivity index (χ3n) is 3.36. The van der Waals surface area contributed by atoms with E-state index in [1.165, 1.54) is 12.0 Å². The van der Waals surface area contributed by atoms with E-state index in [0.717, 1.165) is 0 Å². The highest BCUT2D eigenvalue weighted by Crippen LogP contribution is 2.37. The molecular formula is C12H23NO3Si. The normalized spacial score (nSPS) is 21.8. The zero-order valence-electron chi connectivity index (χ0n) is 11.6. The smallest absolute Gasteiger partial charge is 0.243 e. The van der Waals surface area contributed by atoms with Gasteiger partial charge in [-0.2, -0.15) is 0 Å². The number of hydroxylamine groups is 2. The Hall–Kier alpha value is -0.653. The molecule has 0 bridgehead atoms. The first-order valence-electron chi connectivity index (χ1n) is 5.93. The summed E-state index contributed by atoms with van der Waals surface area (Å²) in [5.41, 5.74) is 0. The molecule has 0 radical (unpaired) electrons. The highest BCUT2D eigenvalue weighted by molar-refractivity contribution is 6.74. The quantitative estimate of drug-likeness (QED) is 0.564. The molecule has 0 spiro atoms. The van der Waals surface area contributed by atoms with Crippen LogP contribution < -0.4 is 0 Å². The van der Waals surface area contributed by atoms with Crippen LogP contribution in [0.15, 0.2) is 12.2 Å². The molecule has 0 aromatic carbocycles. The molecule has 0 aromatic heterocycles. The summed E-state index contributed by atoms with van der Waals surface area (Å²) in [5.74, 6) is -0.0989. The van der Waals surface area contributed by atoms with Gasteiger partial charge < -0.3 is 4.43 Å². The third-order valence-corrected chi connectivity index (χ3v) is 7.80. The minimum Gasteiger partial charge on any atom is -0.388 e. The number of hydrogen-bond acceptors (Lipinski definition) is 3. The first-order chi connectivity index (χ1) is 7.63. The Morgan fingerprint density at radius 3 is 2.53 bits per heavy atom. The zero-order chi connectivity index (χ0) is 13.3. The van der Waals surface area contributed by atoms with E-state index in [2.05, 4.69) is 33.9 Å². The third kappa shape index (κ3) is 3.66. The largest absolute Gasteiger partial charge is 0.388 e. The minimum atomic E-state index is -1.87. The summed E-state index contributed by atoms with van der Waals surface area (Å²) in [6.45, 7) is 12.8. The molecule has 1 aliphatic heterocycles. The van der Waals surface area contributed by atoms with Crippen LogP contribution in [0, 0.1) is 0 Å². The van der Waals surface area contributed by atoms with Crippen LogP contribution in [0.25, 0.3) is 0 Å². The SMILES string of the molecule is CC(=O)N1CC=CC(O[Si](C)(C)C(C)(C)C)O1. The van der Waals surface area contributed by atoms with Gasteiger partial charge in [-0.25, -0.2) is 9.90 Å². The Morgan fingerprint density at radius 2 is 2.06 bits per heavy atom. The number of hydrogen-bond donors (Lipinski definition) is 0. The lowest BCUT2D eigenvalue weighted by Crippen LogP contribution is -2.47. The van der Waals surface area contributed by atoms with E-state index in [-0.39, 0.29) is 10.9 Å². The molecule has 98 valence electrons. The fourth-order valence-electron chi connectivity index (χ4n) is 1.20. The van der Waals surface area contributed by atoms with Crippen molar-refractivity contribution in [2.75, 3.05) is 6.54 Å². The Bertz CT molecular complexity index is 320. The Kier molecular flexibility index (Phi) is 4.17. The van der Waals surface area contributed by atoms with E-state index >= 15 is 0 Å². The van der Waals surface area contributed by atoms with Crippen LogP contribution in [-0.4, -0.2) is 32.1 Å². The molecule has 0 saturated carbocycles. The lowest BCUT2D eigenvalue weighted by molar-refractivity contribution is -0.235. The van der Waals surface area contributed by atoms with Gasteiger partial charge >= 0.3 is 0 Å². The van der Waals surface area contributed by atoms with E-state index in [1.54, 1.807) is 0 Å². The molecule has 0 fully saturated rings. The van der Waals surface area contributed by atoms with Crippen LogP contribution in [0.5, 0.6) is 0 Å². The average molecular weight is 257 g/mol. The van der Waals surface area contributed by atoms with Gasteiger partial charge in [-0.1, -0.05) is 26.8 Å². The molecule has 4 nitrogen and oxygen atoms in total. The van der Waals surface area contributed by atoms with Crippen LogP contribution >= 0.6 is 0 Å². The van der Waals surface area contributed by atoms with Crippen LogP contribution in [-0.2, 0) is 14.1 Å². The second-order valence-corrected chi connectivity index (χ2v) is 10.6. The van der Waals surface area contributed by atoms with Gasteiger partial charge in [0.2, 0.25) is 5.91 Å². The summed E-state index contributed by atoms with van der Waals surface area (Å²) in [5, 5.41) is 1.46. The standard InChI is InChI=1S/C12H23NO3Si/c1-10(14)13-9-7-8-11(15-13)16-17(5,6)12(2,3)4/h7-8,11H,9H2,1-6H3. The first-order valence-corrected chi connectivity index (χ1v) is 8.84. The van der Waals surface area contributed by atoms with E-state index in [4.69, 9.17) is 9.26 Å². The van der Waals surface area contributed by atoms with Crippen LogP contribution in [0.1, 0.15) is 27.7 Å². The zero-order valence-corrected chi connectivity index (χ0v) is 12.6. The molecule has 0 saturated heterocycles.